The molecule has 1 atom stereocenters. The molecule has 1 fully saturated rings. The summed E-state index contributed by atoms with van der Waals surface area (Å²) < 4.78 is 6.85. The standard InChI is InChI=1S/C28H58NO/c1-4-6-8-10-12-14-16-18-20-22-24-29(3,26-28-27-30-28)25-23-21-19-17-15-13-11-9-7-5-2/h28H,4-27H2,1-3H3/q+1. The van der Waals surface area contributed by atoms with Gasteiger partial charge in [-0.15, -0.1) is 0 Å². The van der Waals surface area contributed by atoms with Gasteiger partial charge < -0.3 is 9.22 Å². The van der Waals surface area contributed by atoms with Crippen molar-refractivity contribution in [1.82, 2.24) is 0 Å². The number of rotatable bonds is 24. The molecule has 0 N–H and O–H groups in total. The van der Waals surface area contributed by atoms with E-state index >= 15 is 0 Å². The van der Waals surface area contributed by atoms with Crippen molar-refractivity contribution in [3.05, 3.63) is 0 Å². The molecule has 0 aromatic carbocycles. The van der Waals surface area contributed by atoms with Crippen molar-refractivity contribution in [3.63, 3.8) is 0 Å². The summed E-state index contributed by atoms with van der Waals surface area (Å²) in [6.45, 7) is 9.62. The lowest BCUT2D eigenvalue weighted by atomic mass is 10.1. The van der Waals surface area contributed by atoms with E-state index in [0.29, 0.717) is 6.10 Å². The second kappa shape index (κ2) is 19.6. The number of hydrogen-bond donors (Lipinski definition) is 0. The van der Waals surface area contributed by atoms with Crippen LogP contribution in [0.5, 0.6) is 0 Å². The zero-order chi connectivity index (χ0) is 21.8. The summed E-state index contributed by atoms with van der Waals surface area (Å²) in [5.41, 5.74) is 0. The van der Waals surface area contributed by atoms with E-state index in [1.807, 2.05) is 0 Å². The highest BCUT2D eigenvalue weighted by molar-refractivity contribution is 4.68. The highest BCUT2D eigenvalue weighted by atomic mass is 16.6. The summed E-state index contributed by atoms with van der Waals surface area (Å²) in [5.74, 6) is 0. The Morgan fingerprint density at radius 1 is 0.533 bits per heavy atom. The second-order valence-electron chi connectivity index (χ2n) is 10.6. The lowest BCUT2D eigenvalue weighted by Crippen LogP contribution is -2.48. The van der Waals surface area contributed by atoms with Gasteiger partial charge in [0.25, 0.3) is 0 Å². The lowest BCUT2D eigenvalue weighted by Gasteiger charge is -2.34. The minimum atomic E-state index is 0.571. The van der Waals surface area contributed by atoms with Gasteiger partial charge in [-0.25, -0.2) is 0 Å². The summed E-state index contributed by atoms with van der Waals surface area (Å²) in [4.78, 5) is 0. The molecule has 1 rings (SSSR count). The number of ether oxygens (including phenoxy) is 1. The first kappa shape index (κ1) is 28.0. The van der Waals surface area contributed by atoms with E-state index in [9.17, 15) is 0 Å². The highest BCUT2D eigenvalue weighted by Crippen LogP contribution is 2.20. The Labute approximate surface area is 191 Å². The Bertz CT molecular complexity index is 329. The molecule has 1 unspecified atom stereocenters. The quantitative estimate of drug-likeness (QED) is 0.0857. The largest absolute Gasteiger partial charge is 0.367 e. The molecule has 1 aliphatic heterocycles. The van der Waals surface area contributed by atoms with E-state index in [1.54, 1.807) is 0 Å². The first-order valence-corrected chi connectivity index (χ1v) is 14.2. The molecule has 0 aromatic rings. The van der Waals surface area contributed by atoms with Gasteiger partial charge in [-0.1, -0.05) is 117 Å². The molecule has 0 aromatic heterocycles. The van der Waals surface area contributed by atoms with Gasteiger partial charge in [-0.3, -0.25) is 0 Å². The number of hydrogen-bond acceptors (Lipinski definition) is 1. The fourth-order valence-corrected chi connectivity index (χ4v) is 4.92. The summed E-state index contributed by atoms with van der Waals surface area (Å²) in [6, 6.07) is 0. The Hall–Kier alpha value is -0.0800. The zero-order valence-electron chi connectivity index (χ0n) is 21.4. The normalized spacial score (nSPS) is 16.3. The average Bonchev–Trinajstić information content (AvgIpc) is 3.54. The van der Waals surface area contributed by atoms with Crippen LogP contribution in [0.25, 0.3) is 0 Å². The maximum Gasteiger partial charge on any atom is 0.130 e. The Balaban J connectivity index is 2.00. The van der Waals surface area contributed by atoms with Crippen molar-refractivity contribution in [1.29, 1.82) is 0 Å². The molecular formula is C28H58NO+. The average molecular weight is 425 g/mol. The van der Waals surface area contributed by atoms with Crippen molar-refractivity contribution in [2.75, 3.05) is 33.3 Å². The maximum atomic E-state index is 5.59. The van der Waals surface area contributed by atoms with Crippen molar-refractivity contribution in [2.24, 2.45) is 0 Å². The fourth-order valence-electron chi connectivity index (χ4n) is 4.92. The van der Waals surface area contributed by atoms with Crippen LogP contribution in [0, 0.1) is 0 Å². The van der Waals surface area contributed by atoms with Crippen LogP contribution in [-0.4, -0.2) is 43.9 Å². The Morgan fingerprint density at radius 3 is 1.13 bits per heavy atom. The zero-order valence-corrected chi connectivity index (χ0v) is 21.4. The van der Waals surface area contributed by atoms with Crippen molar-refractivity contribution < 1.29 is 9.22 Å². The van der Waals surface area contributed by atoms with Crippen LogP contribution in [0.15, 0.2) is 0 Å². The number of quaternary nitrogens is 1. The molecule has 1 saturated heterocycles. The maximum absolute atomic E-state index is 5.59. The van der Waals surface area contributed by atoms with Crippen LogP contribution in [-0.2, 0) is 4.74 Å². The number of nitrogens with zero attached hydrogens (tertiary/aromatic N) is 1. The second-order valence-corrected chi connectivity index (χ2v) is 10.6. The van der Waals surface area contributed by atoms with E-state index in [-0.39, 0.29) is 0 Å². The molecule has 2 nitrogen and oxygen atoms in total. The monoisotopic (exact) mass is 424 g/mol. The third-order valence-electron chi connectivity index (χ3n) is 7.15. The van der Waals surface area contributed by atoms with Gasteiger partial charge in [0.15, 0.2) is 0 Å². The SMILES string of the molecule is CCCCCCCCCCCC[N+](C)(CCCCCCCCCCCC)CC1CO1. The van der Waals surface area contributed by atoms with Gasteiger partial charge in [0.2, 0.25) is 0 Å². The molecule has 1 aliphatic rings. The van der Waals surface area contributed by atoms with E-state index in [0.717, 1.165) is 6.61 Å². The van der Waals surface area contributed by atoms with Crippen LogP contribution < -0.4 is 0 Å². The van der Waals surface area contributed by atoms with Crippen molar-refractivity contribution >= 4 is 0 Å². The van der Waals surface area contributed by atoms with Crippen LogP contribution >= 0.6 is 0 Å². The molecule has 1 heterocycles. The third kappa shape index (κ3) is 17.6. The van der Waals surface area contributed by atoms with Gasteiger partial charge in [-0.05, 0) is 25.7 Å². The summed E-state index contributed by atoms with van der Waals surface area (Å²) >= 11 is 0. The van der Waals surface area contributed by atoms with Gasteiger partial charge in [0.1, 0.15) is 12.6 Å². The van der Waals surface area contributed by atoms with Crippen LogP contribution in [0.4, 0.5) is 0 Å². The molecule has 0 aliphatic carbocycles. The molecule has 0 saturated carbocycles. The molecule has 2 heteroatoms. The minimum Gasteiger partial charge on any atom is -0.367 e. The third-order valence-corrected chi connectivity index (χ3v) is 7.15. The number of epoxide rings is 1. The topological polar surface area (TPSA) is 12.5 Å². The van der Waals surface area contributed by atoms with Crippen LogP contribution in [0.2, 0.25) is 0 Å². The minimum absolute atomic E-state index is 0.571. The van der Waals surface area contributed by atoms with Crippen molar-refractivity contribution in [2.45, 2.75) is 148 Å². The Kier molecular flexibility index (Phi) is 18.3. The first-order chi connectivity index (χ1) is 14.7. The van der Waals surface area contributed by atoms with E-state index < -0.39 is 0 Å². The molecule has 180 valence electrons. The summed E-state index contributed by atoms with van der Waals surface area (Å²) in [6.07, 6.45) is 29.4. The van der Waals surface area contributed by atoms with E-state index in [2.05, 4.69) is 20.9 Å². The first-order valence-electron chi connectivity index (χ1n) is 14.2. The molecule has 0 radical (unpaired) electrons. The van der Waals surface area contributed by atoms with Crippen LogP contribution in [0.3, 0.4) is 0 Å². The Morgan fingerprint density at radius 2 is 0.833 bits per heavy atom. The molecule has 0 bridgehead atoms. The van der Waals surface area contributed by atoms with Gasteiger partial charge >= 0.3 is 0 Å². The van der Waals surface area contributed by atoms with Gasteiger partial charge in [0.05, 0.1) is 26.7 Å². The lowest BCUT2D eigenvalue weighted by molar-refractivity contribution is -0.910. The van der Waals surface area contributed by atoms with E-state index in [4.69, 9.17) is 4.74 Å². The summed E-state index contributed by atoms with van der Waals surface area (Å²) in [5, 5.41) is 0. The number of likely N-dealkylation sites (N-methyl/N-ethyl adjacent to an activating group) is 1. The fraction of sp³-hybridized carbons (Fsp3) is 1.00. The van der Waals surface area contributed by atoms with E-state index in [1.165, 1.54) is 153 Å². The molecule has 30 heavy (non-hydrogen) atoms. The smallest absolute Gasteiger partial charge is 0.130 e. The number of unbranched alkanes of at least 4 members (excludes halogenated alkanes) is 18. The van der Waals surface area contributed by atoms with Crippen LogP contribution in [0.1, 0.15) is 142 Å². The van der Waals surface area contributed by atoms with Gasteiger partial charge in [-0.2, -0.15) is 0 Å². The molecular weight excluding hydrogens is 366 g/mol. The van der Waals surface area contributed by atoms with Gasteiger partial charge in [0, 0.05) is 0 Å². The summed E-state index contributed by atoms with van der Waals surface area (Å²) in [7, 11) is 2.50. The predicted octanol–water partition coefficient (Wildman–Crippen LogP) is 8.67. The molecule has 0 amide bonds. The molecule has 0 spiro atoms. The predicted molar refractivity (Wildman–Crippen MR) is 134 cm³/mol. The highest BCUT2D eigenvalue weighted by Gasteiger charge is 2.33. The van der Waals surface area contributed by atoms with Crippen molar-refractivity contribution in [3.8, 4) is 0 Å².